The van der Waals surface area contributed by atoms with E-state index < -0.39 is 6.48 Å². The summed E-state index contributed by atoms with van der Waals surface area (Å²) in [5, 5.41) is 0. The third-order valence-electron chi connectivity index (χ3n) is 2.12. The third kappa shape index (κ3) is 2.21. The molecule has 6 heteroatoms. The van der Waals surface area contributed by atoms with Crippen LogP contribution in [0.15, 0.2) is 12.1 Å². The zero-order chi connectivity index (χ0) is 12.3. The standard InChI is InChI=1S/C11H10O6/c1-14-11-16-9-5-7(6-13)4-8(10(9)17-11)15-3-2-12/h2,4-6,11H,3H2,1H3. The number of hydrogen-bond donors (Lipinski definition) is 0. The lowest BCUT2D eigenvalue weighted by molar-refractivity contribution is -0.158. The number of benzene rings is 1. The van der Waals surface area contributed by atoms with Gasteiger partial charge >= 0.3 is 6.48 Å². The fraction of sp³-hybridized carbons (Fsp3) is 0.273. The van der Waals surface area contributed by atoms with E-state index in [2.05, 4.69) is 0 Å². The van der Waals surface area contributed by atoms with Gasteiger partial charge in [-0.05, 0) is 12.1 Å². The normalized spacial score (nSPS) is 16.6. The highest BCUT2D eigenvalue weighted by molar-refractivity contribution is 5.78. The fourth-order valence-electron chi connectivity index (χ4n) is 1.42. The molecular weight excluding hydrogens is 228 g/mol. The van der Waals surface area contributed by atoms with Gasteiger partial charge in [0.2, 0.25) is 5.75 Å². The molecule has 0 radical (unpaired) electrons. The summed E-state index contributed by atoms with van der Waals surface area (Å²) in [5.41, 5.74) is 0.366. The largest absolute Gasteiger partial charge is 0.482 e. The molecule has 1 atom stereocenters. The molecule has 0 aliphatic carbocycles. The number of ether oxygens (including phenoxy) is 4. The van der Waals surface area contributed by atoms with Crippen LogP contribution in [0.4, 0.5) is 0 Å². The number of fused-ring (bicyclic) bond motifs is 1. The van der Waals surface area contributed by atoms with Crippen molar-refractivity contribution >= 4 is 12.6 Å². The van der Waals surface area contributed by atoms with Gasteiger partial charge in [0.1, 0.15) is 12.9 Å². The summed E-state index contributed by atoms with van der Waals surface area (Å²) in [5.74, 6) is 0.947. The Bertz CT molecular complexity index is 442. The molecule has 6 nitrogen and oxygen atoms in total. The number of methoxy groups -OCH3 is 1. The summed E-state index contributed by atoms with van der Waals surface area (Å²) in [6, 6.07) is 2.98. The van der Waals surface area contributed by atoms with E-state index >= 15 is 0 Å². The molecule has 1 unspecified atom stereocenters. The van der Waals surface area contributed by atoms with Crippen molar-refractivity contribution in [2.45, 2.75) is 6.48 Å². The van der Waals surface area contributed by atoms with E-state index in [1.165, 1.54) is 19.2 Å². The SMILES string of the molecule is COC1Oc2cc(C=O)cc(OCC=O)c2O1. The molecule has 0 N–H and O–H groups in total. The molecule has 1 aromatic carbocycles. The number of carbonyl (C=O) groups excluding carboxylic acids is 2. The van der Waals surface area contributed by atoms with E-state index in [9.17, 15) is 9.59 Å². The van der Waals surface area contributed by atoms with E-state index in [0.717, 1.165) is 0 Å². The quantitative estimate of drug-likeness (QED) is 0.706. The van der Waals surface area contributed by atoms with Crippen molar-refractivity contribution < 1.29 is 28.5 Å². The van der Waals surface area contributed by atoms with Gasteiger partial charge in [0.25, 0.3) is 0 Å². The van der Waals surface area contributed by atoms with Gasteiger partial charge in [-0.25, -0.2) is 0 Å². The second kappa shape index (κ2) is 4.84. The first-order valence-corrected chi connectivity index (χ1v) is 4.84. The molecule has 1 aliphatic heterocycles. The number of carbonyl (C=O) groups is 2. The highest BCUT2D eigenvalue weighted by atomic mass is 16.9. The maximum atomic E-state index is 10.7. The first kappa shape index (κ1) is 11.4. The Balaban J connectivity index is 2.34. The lowest BCUT2D eigenvalue weighted by atomic mass is 10.2. The van der Waals surface area contributed by atoms with E-state index in [1.54, 1.807) is 0 Å². The first-order chi connectivity index (χ1) is 8.28. The minimum Gasteiger partial charge on any atom is -0.482 e. The highest BCUT2D eigenvalue weighted by Crippen LogP contribution is 2.43. The summed E-state index contributed by atoms with van der Waals surface area (Å²) in [6.45, 7) is -0.999. The maximum absolute atomic E-state index is 10.7. The predicted octanol–water partition coefficient (Wildman–Crippen LogP) is 0.778. The summed E-state index contributed by atoms with van der Waals surface area (Å²) >= 11 is 0. The van der Waals surface area contributed by atoms with Crippen molar-refractivity contribution in [3.8, 4) is 17.2 Å². The van der Waals surface area contributed by atoms with Crippen molar-refractivity contribution in [1.82, 2.24) is 0 Å². The van der Waals surface area contributed by atoms with Crippen LogP contribution in [0.25, 0.3) is 0 Å². The third-order valence-corrected chi connectivity index (χ3v) is 2.12. The average Bonchev–Trinajstić information content (AvgIpc) is 2.78. The Morgan fingerprint density at radius 2 is 2.18 bits per heavy atom. The van der Waals surface area contributed by atoms with Crippen LogP contribution in [-0.4, -0.2) is 32.8 Å². The summed E-state index contributed by atoms with van der Waals surface area (Å²) in [4.78, 5) is 21.0. The highest BCUT2D eigenvalue weighted by Gasteiger charge is 2.28. The number of rotatable bonds is 5. The van der Waals surface area contributed by atoms with Crippen molar-refractivity contribution in [1.29, 1.82) is 0 Å². The van der Waals surface area contributed by atoms with Gasteiger partial charge in [-0.15, -0.1) is 0 Å². The molecule has 1 heterocycles. The van der Waals surface area contributed by atoms with Gasteiger partial charge in [-0.2, -0.15) is 0 Å². The predicted molar refractivity (Wildman–Crippen MR) is 55.4 cm³/mol. The Morgan fingerprint density at radius 3 is 2.82 bits per heavy atom. The Labute approximate surface area is 97.0 Å². The molecule has 0 fully saturated rings. The maximum Gasteiger partial charge on any atom is 0.361 e. The molecule has 90 valence electrons. The van der Waals surface area contributed by atoms with Crippen LogP contribution in [0, 0.1) is 0 Å². The van der Waals surface area contributed by atoms with Crippen LogP contribution in [-0.2, 0) is 9.53 Å². The molecule has 2 rings (SSSR count). The molecule has 0 bridgehead atoms. The Hall–Kier alpha value is -2.08. The fourth-order valence-corrected chi connectivity index (χ4v) is 1.42. The van der Waals surface area contributed by atoms with Crippen LogP contribution < -0.4 is 14.2 Å². The van der Waals surface area contributed by atoms with E-state index in [4.69, 9.17) is 18.9 Å². The molecule has 0 aromatic heterocycles. The van der Waals surface area contributed by atoms with Gasteiger partial charge in [-0.3, -0.25) is 9.59 Å². The Kier molecular flexibility index (Phi) is 3.24. The summed E-state index contributed by atoms with van der Waals surface area (Å²) in [7, 11) is 1.42. The van der Waals surface area contributed by atoms with Crippen molar-refractivity contribution in [2.24, 2.45) is 0 Å². The molecule has 0 amide bonds. The van der Waals surface area contributed by atoms with Crippen LogP contribution in [0.5, 0.6) is 17.2 Å². The van der Waals surface area contributed by atoms with E-state index in [1.807, 2.05) is 0 Å². The first-order valence-electron chi connectivity index (χ1n) is 4.84. The smallest absolute Gasteiger partial charge is 0.361 e. The molecule has 0 spiro atoms. The van der Waals surface area contributed by atoms with Crippen LogP contribution in [0.1, 0.15) is 10.4 Å². The van der Waals surface area contributed by atoms with Gasteiger partial charge in [0, 0.05) is 12.7 Å². The minimum absolute atomic E-state index is 0.129. The average molecular weight is 238 g/mol. The van der Waals surface area contributed by atoms with Crippen LogP contribution in [0.3, 0.4) is 0 Å². The number of aldehydes is 2. The zero-order valence-electron chi connectivity index (χ0n) is 9.04. The molecule has 0 saturated heterocycles. The molecule has 1 aliphatic rings. The minimum atomic E-state index is -0.870. The van der Waals surface area contributed by atoms with Gasteiger partial charge in [-0.1, -0.05) is 0 Å². The molecule has 1 aromatic rings. The zero-order valence-corrected chi connectivity index (χ0v) is 9.04. The van der Waals surface area contributed by atoms with Gasteiger partial charge in [0.05, 0.1) is 0 Å². The van der Waals surface area contributed by atoms with Crippen LogP contribution in [0.2, 0.25) is 0 Å². The van der Waals surface area contributed by atoms with Gasteiger partial charge < -0.3 is 18.9 Å². The van der Waals surface area contributed by atoms with Crippen molar-refractivity contribution in [2.75, 3.05) is 13.7 Å². The molecule has 0 saturated carbocycles. The summed E-state index contributed by atoms with van der Waals surface area (Å²) < 4.78 is 20.5. The summed E-state index contributed by atoms with van der Waals surface area (Å²) in [6.07, 6.45) is 1.25. The molecule has 17 heavy (non-hydrogen) atoms. The van der Waals surface area contributed by atoms with Crippen molar-refractivity contribution in [3.05, 3.63) is 17.7 Å². The van der Waals surface area contributed by atoms with Crippen LogP contribution >= 0.6 is 0 Å². The number of hydrogen-bond acceptors (Lipinski definition) is 6. The van der Waals surface area contributed by atoms with Crippen molar-refractivity contribution in [3.63, 3.8) is 0 Å². The lowest BCUT2D eigenvalue weighted by Crippen LogP contribution is -2.19. The monoisotopic (exact) mass is 238 g/mol. The topological polar surface area (TPSA) is 71.1 Å². The van der Waals surface area contributed by atoms with E-state index in [-0.39, 0.29) is 12.4 Å². The second-order valence-electron chi connectivity index (χ2n) is 3.20. The molecular formula is C11H10O6. The lowest BCUT2D eigenvalue weighted by Gasteiger charge is -2.07. The van der Waals surface area contributed by atoms with Gasteiger partial charge in [0.15, 0.2) is 17.8 Å². The van der Waals surface area contributed by atoms with E-state index in [0.29, 0.717) is 29.6 Å². The Morgan fingerprint density at radius 1 is 1.35 bits per heavy atom. The second-order valence-corrected chi connectivity index (χ2v) is 3.20.